The highest BCUT2D eigenvalue weighted by Crippen LogP contribution is 2.34. The summed E-state index contributed by atoms with van der Waals surface area (Å²) in [6.07, 6.45) is 2.03. The van der Waals surface area contributed by atoms with E-state index < -0.39 is 0 Å². The summed E-state index contributed by atoms with van der Waals surface area (Å²) in [4.78, 5) is 13.9. The minimum absolute atomic E-state index is 0.0539. The maximum absolute atomic E-state index is 11.9. The van der Waals surface area contributed by atoms with Gasteiger partial charge in [0.25, 0.3) is 0 Å². The summed E-state index contributed by atoms with van der Waals surface area (Å²) in [5.74, 6) is 0.118. The number of nitrogens with two attached hydrogens (primary N) is 1. The van der Waals surface area contributed by atoms with Gasteiger partial charge in [-0.3, -0.25) is 4.79 Å². The first-order valence-corrected chi connectivity index (χ1v) is 8.26. The lowest BCUT2D eigenvalue weighted by molar-refractivity contribution is -0.117. The molecule has 0 radical (unpaired) electrons. The highest BCUT2D eigenvalue weighted by Gasteiger charge is 2.26. The van der Waals surface area contributed by atoms with Crippen molar-refractivity contribution in [3.63, 3.8) is 0 Å². The monoisotopic (exact) mass is 308 g/mol. The number of fused-ring (bicyclic) bond motifs is 1. The van der Waals surface area contributed by atoms with E-state index in [-0.39, 0.29) is 18.0 Å². The van der Waals surface area contributed by atoms with Crippen LogP contribution in [-0.2, 0) is 11.2 Å². The number of rotatable bonds is 2. The van der Waals surface area contributed by atoms with Crippen molar-refractivity contribution in [2.75, 3.05) is 4.90 Å². The van der Waals surface area contributed by atoms with Gasteiger partial charge in [-0.05, 0) is 61.1 Å². The van der Waals surface area contributed by atoms with Gasteiger partial charge < -0.3 is 10.6 Å². The van der Waals surface area contributed by atoms with Crippen LogP contribution >= 0.6 is 0 Å². The van der Waals surface area contributed by atoms with E-state index in [1.807, 2.05) is 11.8 Å². The molecule has 0 aliphatic carbocycles. The third-order valence-electron chi connectivity index (χ3n) is 4.72. The third kappa shape index (κ3) is 3.02. The Labute approximate surface area is 138 Å². The Morgan fingerprint density at radius 3 is 2.43 bits per heavy atom. The molecule has 1 heterocycles. The molecule has 0 saturated carbocycles. The van der Waals surface area contributed by atoms with Crippen molar-refractivity contribution in [2.45, 2.75) is 45.7 Å². The van der Waals surface area contributed by atoms with Crippen molar-refractivity contribution in [2.24, 2.45) is 5.73 Å². The molecule has 0 fully saturated rings. The SMILES string of the molecule is CC(=O)N1c2ccc(-c3ccc([C@@H](C)N)cc3)cc2CC[C@@H]1C. The molecule has 0 saturated heterocycles. The van der Waals surface area contributed by atoms with Crippen molar-refractivity contribution < 1.29 is 4.79 Å². The standard InChI is InChI=1S/C20H24N2O/c1-13-4-5-19-12-18(10-11-20(19)22(13)15(3)23)17-8-6-16(7-9-17)14(2)21/h6-14H,4-5,21H2,1-3H3/t13-,14+/m0/s1. The van der Waals surface area contributed by atoms with Crippen LogP contribution in [0.25, 0.3) is 11.1 Å². The normalized spacial score (nSPS) is 18.4. The summed E-state index contributed by atoms with van der Waals surface area (Å²) in [5.41, 5.74) is 11.8. The van der Waals surface area contributed by atoms with E-state index >= 15 is 0 Å². The Morgan fingerprint density at radius 2 is 1.83 bits per heavy atom. The van der Waals surface area contributed by atoms with E-state index in [1.54, 1.807) is 6.92 Å². The lowest BCUT2D eigenvalue weighted by Gasteiger charge is -2.34. The Kier molecular flexibility index (Phi) is 4.22. The lowest BCUT2D eigenvalue weighted by Crippen LogP contribution is -2.40. The van der Waals surface area contributed by atoms with Gasteiger partial charge in [0.15, 0.2) is 0 Å². The quantitative estimate of drug-likeness (QED) is 0.909. The molecular formula is C20H24N2O. The first kappa shape index (κ1) is 15.8. The molecule has 3 rings (SSSR count). The molecule has 1 amide bonds. The summed E-state index contributed by atoms with van der Waals surface area (Å²) in [6.45, 7) is 5.75. The minimum Gasteiger partial charge on any atom is -0.324 e. The number of amides is 1. The Hall–Kier alpha value is -2.13. The number of benzene rings is 2. The molecule has 23 heavy (non-hydrogen) atoms. The van der Waals surface area contributed by atoms with E-state index in [1.165, 1.54) is 16.7 Å². The van der Waals surface area contributed by atoms with Crippen molar-refractivity contribution >= 4 is 11.6 Å². The average Bonchev–Trinajstić information content (AvgIpc) is 2.54. The number of anilines is 1. The van der Waals surface area contributed by atoms with Gasteiger partial charge in [0, 0.05) is 24.7 Å². The maximum atomic E-state index is 11.9. The summed E-state index contributed by atoms with van der Waals surface area (Å²) in [7, 11) is 0. The minimum atomic E-state index is 0.0539. The molecule has 1 aliphatic heterocycles. The Morgan fingerprint density at radius 1 is 1.17 bits per heavy atom. The van der Waals surface area contributed by atoms with Gasteiger partial charge in [0.05, 0.1) is 0 Å². The van der Waals surface area contributed by atoms with Crippen LogP contribution in [0, 0.1) is 0 Å². The summed E-state index contributed by atoms with van der Waals surface area (Å²) in [5, 5.41) is 0. The second kappa shape index (κ2) is 6.17. The van der Waals surface area contributed by atoms with Gasteiger partial charge in [-0.1, -0.05) is 30.3 Å². The van der Waals surface area contributed by atoms with E-state index in [0.717, 1.165) is 24.1 Å². The van der Waals surface area contributed by atoms with Crippen LogP contribution in [0.3, 0.4) is 0 Å². The molecular weight excluding hydrogens is 284 g/mol. The first-order chi connectivity index (χ1) is 11.0. The Bertz CT molecular complexity index is 719. The molecule has 3 nitrogen and oxygen atoms in total. The van der Waals surface area contributed by atoms with Gasteiger partial charge in [-0.2, -0.15) is 0 Å². The average molecular weight is 308 g/mol. The molecule has 120 valence electrons. The van der Waals surface area contributed by atoms with Gasteiger partial charge in [0.1, 0.15) is 0 Å². The van der Waals surface area contributed by atoms with Crippen LogP contribution in [0.5, 0.6) is 0 Å². The van der Waals surface area contributed by atoms with Crippen LogP contribution in [0.2, 0.25) is 0 Å². The first-order valence-electron chi connectivity index (χ1n) is 8.26. The topological polar surface area (TPSA) is 46.3 Å². The van der Waals surface area contributed by atoms with E-state index in [4.69, 9.17) is 5.73 Å². The van der Waals surface area contributed by atoms with E-state index in [2.05, 4.69) is 49.4 Å². The summed E-state index contributed by atoms with van der Waals surface area (Å²) >= 11 is 0. The van der Waals surface area contributed by atoms with Crippen LogP contribution in [0.15, 0.2) is 42.5 Å². The Balaban J connectivity index is 1.96. The second-order valence-electron chi connectivity index (χ2n) is 6.53. The lowest BCUT2D eigenvalue weighted by atomic mass is 9.92. The summed E-state index contributed by atoms with van der Waals surface area (Å²) in [6, 6.07) is 15.2. The number of hydrogen-bond donors (Lipinski definition) is 1. The van der Waals surface area contributed by atoms with Crippen molar-refractivity contribution in [3.05, 3.63) is 53.6 Å². The van der Waals surface area contributed by atoms with Crippen LogP contribution in [0.4, 0.5) is 5.69 Å². The molecule has 0 bridgehead atoms. The van der Waals surface area contributed by atoms with Gasteiger partial charge >= 0.3 is 0 Å². The molecule has 3 heteroatoms. The maximum Gasteiger partial charge on any atom is 0.224 e. The fourth-order valence-electron chi connectivity index (χ4n) is 3.39. The smallest absolute Gasteiger partial charge is 0.224 e. The van der Waals surface area contributed by atoms with Crippen LogP contribution in [-0.4, -0.2) is 11.9 Å². The largest absolute Gasteiger partial charge is 0.324 e. The molecule has 2 atom stereocenters. The molecule has 2 N–H and O–H groups in total. The molecule has 0 unspecified atom stereocenters. The molecule has 0 spiro atoms. The zero-order valence-corrected chi connectivity index (χ0v) is 14.0. The van der Waals surface area contributed by atoms with Gasteiger partial charge in [0.2, 0.25) is 5.91 Å². The molecule has 0 aromatic heterocycles. The molecule has 2 aromatic rings. The van der Waals surface area contributed by atoms with Gasteiger partial charge in [-0.25, -0.2) is 0 Å². The van der Waals surface area contributed by atoms with Crippen molar-refractivity contribution in [1.82, 2.24) is 0 Å². The zero-order chi connectivity index (χ0) is 16.6. The predicted octanol–water partition coefficient (Wildman–Crippen LogP) is 4.06. The highest BCUT2D eigenvalue weighted by molar-refractivity contribution is 5.94. The molecule has 1 aliphatic rings. The zero-order valence-electron chi connectivity index (χ0n) is 14.0. The van der Waals surface area contributed by atoms with E-state index in [0.29, 0.717) is 0 Å². The van der Waals surface area contributed by atoms with Crippen molar-refractivity contribution in [3.8, 4) is 11.1 Å². The number of carbonyl (C=O) groups is 1. The second-order valence-corrected chi connectivity index (χ2v) is 6.53. The van der Waals surface area contributed by atoms with Crippen molar-refractivity contribution in [1.29, 1.82) is 0 Å². The van der Waals surface area contributed by atoms with Crippen LogP contribution in [0.1, 0.15) is 44.4 Å². The van der Waals surface area contributed by atoms with Gasteiger partial charge in [-0.15, -0.1) is 0 Å². The fraction of sp³-hybridized carbons (Fsp3) is 0.350. The van der Waals surface area contributed by atoms with E-state index in [9.17, 15) is 4.79 Å². The van der Waals surface area contributed by atoms with Crippen LogP contribution < -0.4 is 10.6 Å². The summed E-state index contributed by atoms with van der Waals surface area (Å²) < 4.78 is 0. The highest BCUT2D eigenvalue weighted by atomic mass is 16.2. The number of nitrogens with zero attached hydrogens (tertiary/aromatic N) is 1. The third-order valence-corrected chi connectivity index (χ3v) is 4.72. The fourth-order valence-corrected chi connectivity index (χ4v) is 3.39. The number of carbonyl (C=O) groups excluding carboxylic acids is 1. The predicted molar refractivity (Wildman–Crippen MR) is 95.4 cm³/mol. The molecule has 2 aromatic carbocycles. The number of hydrogen-bond acceptors (Lipinski definition) is 2. The number of aryl methyl sites for hydroxylation is 1.